The molecule has 3 rings (SSSR count). The molecule has 0 amide bonds. The lowest BCUT2D eigenvalue weighted by Gasteiger charge is -2.08. The number of hydrogen-bond donors (Lipinski definition) is 0. The molecule has 2 aromatic carbocycles. The highest BCUT2D eigenvalue weighted by Gasteiger charge is 2.18. The Labute approximate surface area is 125 Å². The molecule has 21 heavy (non-hydrogen) atoms. The molecular formula is C19H19N2+. The van der Waals surface area contributed by atoms with Crippen LogP contribution in [0.15, 0.2) is 60.8 Å². The van der Waals surface area contributed by atoms with Crippen LogP contribution >= 0.6 is 0 Å². The molecule has 0 aliphatic carbocycles. The second-order valence-corrected chi connectivity index (χ2v) is 5.35. The molecule has 0 bridgehead atoms. The zero-order chi connectivity index (χ0) is 14.8. The molecule has 0 saturated heterocycles. The first-order valence-electron chi connectivity index (χ1n) is 7.15. The lowest BCUT2D eigenvalue weighted by Crippen LogP contribution is -2.33. The summed E-state index contributed by atoms with van der Waals surface area (Å²) < 4.78 is 2.17. The van der Waals surface area contributed by atoms with Crippen molar-refractivity contribution in [2.45, 2.75) is 13.8 Å². The molecule has 0 spiro atoms. The van der Waals surface area contributed by atoms with Crippen LogP contribution in [-0.2, 0) is 7.05 Å². The van der Waals surface area contributed by atoms with Gasteiger partial charge in [-0.2, -0.15) is 4.57 Å². The third-order valence-corrected chi connectivity index (χ3v) is 3.77. The fourth-order valence-corrected chi connectivity index (χ4v) is 2.74. The molecule has 1 aromatic heterocycles. The van der Waals surface area contributed by atoms with Crippen molar-refractivity contribution >= 4 is 0 Å². The summed E-state index contributed by atoms with van der Waals surface area (Å²) in [5, 5.41) is 0. The molecule has 1 heterocycles. The molecular weight excluding hydrogens is 256 g/mol. The summed E-state index contributed by atoms with van der Waals surface area (Å²) in [5.41, 5.74) is 6.89. The van der Waals surface area contributed by atoms with Crippen molar-refractivity contribution in [3.63, 3.8) is 0 Å². The van der Waals surface area contributed by atoms with E-state index in [1.54, 1.807) is 0 Å². The summed E-state index contributed by atoms with van der Waals surface area (Å²) in [6, 6.07) is 18.7. The summed E-state index contributed by atoms with van der Waals surface area (Å²) in [6.07, 6.45) is 2.10. The summed E-state index contributed by atoms with van der Waals surface area (Å²) in [6.45, 7) is 4.22. The van der Waals surface area contributed by atoms with Crippen LogP contribution in [0.2, 0.25) is 0 Å². The Kier molecular flexibility index (Phi) is 3.53. The quantitative estimate of drug-likeness (QED) is 0.649. The van der Waals surface area contributed by atoms with Gasteiger partial charge in [0.2, 0.25) is 5.69 Å². The summed E-state index contributed by atoms with van der Waals surface area (Å²) >= 11 is 0. The molecule has 2 nitrogen and oxygen atoms in total. The Hall–Kier alpha value is -2.48. The smallest absolute Gasteiger partial charge is 0.233 e. The average molecular weight is 275 g/mol. The summed E-state index contributed by atoms with van der Waals surface area (Å²) in [7, 11) is 2.09. The van der Waals surface area contributed by atoms with E-state index in [-0.39, 0.29) is 0 Å². The molecule has 2 heteroatoms. The van der Waals surface area contributed by atoms with Gasteiger partial charge in [-0.15, -0.1) is 0 Å². The molecule has 3 aromatic rings. The average Bonchev–Trinajstić information content (AvgIpc) is 2.49. The van der Waals surface area contributed by atoms with Crippen molar-refractivity contribution in [1.82, 2.24) is 4.98 Å². The molecule has 0 atom stereocenters. The summed E-state index contributed by atoms with van der Waals surface area (Å²) in [4.78, 5) is 4.80. The lowest BCUT2D eigenvalue weighted by atomic mass is 10.0. The van der Waals surface area contributed by atoms with Gasteiger partial charge in [-0.1, -0.05) is 48.5 Å². The van der Waals surface area contributed by atoms with E-state index in [1.165, 1.54) is 16.8 Å². The molecule has 0 aliphatic rings. The number of aryl methyl sites for hydroxylation is 3. The Morgan fingerprint density at radius 1 is 0.857 bits per heavy atom. The van der Waals surface area contributed by atoms with Crippen molar-refractivity contribution < 1.29 is 4.57 Å². The maximum Gasteiger partial charge on any atom is 0.233 e. The largest absolute Gasteiger partial charge is 0.240 e. The molecule has 104 valence electrons. The van der Waals surface area contributed by atoms with Gasteiger partial charge in [-0.05, 0) is 25.5 Å². The number of rotatable bonds is 2. The zero-order valence-electron chi connectivity index (χ0n) is 12.7. The highest BCUT2D eigenvalue weighted by atomic mass is 15.0. The number of benzene rings is 2. The van der Waals surface area contributed by atoms with E-state index in [0.29, 0.717) is 0 Å². The maximum absolute atomic E-state index is 4.80. The Balaban J connectivity index is 2.16. The molecule has 0 aliphatic heterocycles. The Morgan fingerprint density at radius 3 is 2.19 bits per heavy atom. The predicted octanol–water partition coefficient (Wildman–Crippen LogP) is 3.86. The predicted molar refractivity (Wildman–Crippen MR) is 85.8 cm³/mol. The van der Waals surface area contributed by atoms with Gasteiger partial charge in [-0.3, -0.25) is 0 Å². The van der Waals surface area contributed by atoms with E-state index >= 15 is 0 Å². The van der Waals surface area contributed by atoms with Crippen LogP contribution in [0.4, 0.5) is 0 Å². The maximum atomic E-state index is 4.80. The Bertz CT molecular complexity index is 754. The van der Waals surface area contributed by atoms with Gasteiger partial charge in [-0.25, -0.2) is 4.98 Å². The second kappa shape index (κ2) is 5.49. The minimum absolute atomic E-state index is 1.01. The van der Waals surface area contributed by atoms with E-state index in [9.17, 15) is 0 Å². The first kappa shape index (κ1) is 13.5. The molecule has 0 radical (unpaired) electrons. The standard InChI is InChI=1S/C19H19N2/c1-14-9-7-8-12-17(14)19-15(2)20-18(13-21(19)3)16-10-5-4-6-11-16/h4-13H,1-3H3/q+1. The number of hydrogen-bond acceptors (Lipinski definition) is 1. The van der Waals surface area contributed by atoms with Crippen LogP contribution in [0.5, 0.6) is 0 Å². The fraction of sp³-hybridized carbons (Fsp3) is 0.158. The molecule has 0 fully saturated rings. The van der Waals surface area contributed by atoms with Gasteiger partial charge in [0.15, 0.2) is 6.20 Å². The van der Waals surface area contributed by atoms with E-state index in [1.807, 2.05) is 18.2 Å². The van der Waals surface area contributed by atoms with Gasteiger partial charge in [0.25, 0.3) is 0 Å². The SMILES string of the molecule is Cc1ccccc1-c1c(C)nc(-c2ccccc2)c[n+]1C. The van der Waals surface area contributed by atoms with Crippen molar-refractivity contribution in [3.05, 3.63) is 72.1 Å². The van der Waals surface area contributed by atoms with Crippen molar-refractivity contribution in [2.24, 2.45) is 7.05 Å². The van der Waals surface area contributed by atoms with Gasteiger partial charge in [0.05, 0.1) is 5.56 Å². The van der Waals surface area contributed by atoms with Gasteiger partial charge in [0.1, 0.15) is 18.4 Å². The molecule has 0 unspecified atom stereocenters. The molecule has 0 saturated carbocycles. The van der Waals surface area contributed by atoms with Crippen LogP contribution in [0, 0.1) is 13.8 Å². The second-order valence-electron chi connectivity index (χ2n) is 5.35. The minimum Gasteiger partial charge on any atom is -0.240 e. The lowest BCUT2D eigenvalue weighted by molar-refractivity contribution is -0.660. The fourth-order valence-electron chi connectivity index (χ4n) is 2.74. The van der Waals surface area contributed by atoms with Crippen LogP contribution in [0.25, 0.3) is 22.5 Å². The van der Waals surface area contributed by atoms with Gasteiger partial charge >= 0.3 is 0 Å². The van der Waals surface area contributed by atoms with Gasteiger partial charge < -0.3 is 0 Å². The highest BCUT2D eigenvalue weighted by molar-refractivity contribution is 5.65. The van der Waals surface area contributed by atoms with Crippen molar-refractivity contribution in [1.29, 1.82) is 0 Å². The van der Waals surface area contributed by atoms with Crippen molar-refractivity contribution in [2.75, 3.05) is 0 Å². The third kappa shape index (κ3) is 2.57. The topological polar surface area (TPSA) is 16.8 Å². The van der Waals surface area contributed by atoms with E-state index in [0.717, 1.165) is 17.0 Å². The first-order valence-corrected chi connectivity index (χ1v) is 7.15. The Morgan fingerprint density at radius 2 is 1.52 bits per heavy atom. The monoisotopic (exact) mass is 275 g/mol. The third-order valence-electron chi connectivity index (χ3n) is 3.77. The minimum atomic E-state index is 1.01. The van der Waals surface area contributed by atoms with Gasteiger partial charge in [0, 0.05) is 5.56 Å². The van der Waals surface area contributed by atoms with E-state index in [2.05, 4.69) is 68.1 Å². The van der Waals surface area contributed by atoms with E-state index in [4.69, 9.17) is 4.98 Å². The normalized spacial score (nSPS) is 10.6. The number of aromatic nitrogens is 2. The van der Waals surface area contributed by atoms with Crippen LogP contribution in [0.1, 0.15) is 11.3 Å². The first-order chi connectivity index (χ1) is 10.2. The zero-order valence-corrected chi connectivity index (χ0v) is 12.7. The van der Waals surface area contributed by atoms with Crippen LogP contribution in [-0.4, -0.2) is 4.98 Å². The highest BCUT2D eigenvalue weighted by Crippen LogP contribution is 2.24. The van der Waals surface area contributed by atoms with Crippen LogP contribution in [0.3, 0.4) is 0 Å². The van der Waals surface area contributed by atoms with E-state index < -0.39 is 0 Å². The number of nitrogens with zero attached hydrogens (tertiary/aromatic N) is 2. The summed E-state index contributed by atoms with van der Waals surface area (Å²) in [5.74, 6) is 0. The molecule has 0 N–H and O–H groups in total. The van der Waals surface area contributed by atoms with Crippen LogP contribution < -0.4 is 4.57 Å². The van der Waals surface area contributed by atoms with Crippen molar-refractivity contribution in [3.8, 4) is 22.5 Å².